The van der Waals surface area contributed by atoms with Crippen molar-refractivity contribution >= 4 is 17.3 Å². The second-order valence-corrected chi connectivity index (χ2v) is 7.92. The van der Waals surface area contributed by atoms with E-state index in [1.54, 1.807) is 12.4 Å². The van der Waals surface area contributed by atoms with Gasteiger partial charge < -0.3 is 15.0 Å². The van der Waals surface area contributed by atoms with Crippen molar-refractivity contribution in [3.05, 3.63) is 66.7 Å². The number of nitrogens with one attached hydrogen (secondary N) is 2. The molecule has 7 nitrogen and oxygen atoms in total. The maximum absolute atomic E-state index is 11.8. The molecule has 0 aliphatic carbocycles. The van der Waals surface area contributed by atoms with Crippen LogP contribution in [0.2, 0.25) is 0 Å². The zero-order chi connectivity index (χ0) is 21.1. The van der Waals surface area contributed by atoms with E-state index in [0.717, 1.165) is 27.9 Å². The van der Waals surface area contributed by atoms with Crippen molar-refractivity contribution in [2.24, 2.45) is 0 Å². The van der Waals surface area contributed by atoms with E-state index in [1.807, 2.05) is 57.2 Å². The van der Waals surface area contributed by atoms with Crippen LogP contribution in [0.3, 0.4) is 0 Å². The molecule has 30 heavy (non-hydrogen) atoms. The number of ether oxygens (including phenoxy) is 1. The van der Waals surface area contributed by atoms with Gasteiger partial charge in [0.15, 0.2) is 5.65 Å². The predicted molar refractivity (Wildman–Crippen MR) is 116 cm³/mol. The topological polar surface area (TPSA) is 92.8 Å². The Hall–Kier alpha value is -3.74. The lowest BCUT2D eigenvalue weighted by Crippen LogP contribution is -2.32. The molecular formula is C23H23N5O2. The van der Waals surface area contributed by atoms with Crippen molar-refractivity contribution in [3.63, 3.8) is 0 Å². The third kappa shape index (κ3) is 4.63. The second-order valence-electron chi connectivity index (χ2n) is 7.92. The van der Waals surface area contributed by atoms with Gasteiger partial charge in [-0.05, 0) is 62.2 Å². The van der Waals surface area contributed by atoms with Crippen LogP contribution in [0.15, 0.2) is 60.9 Å². The molecule has 0 saturated carbocycles. The Morgan fingerprint density at radius 1 is 1.00 bits per heavy atom. The molecule has 3 aromatic heterocycles. The number of hydrogen-bond donors (Lipinski definition) is 2. The molecule has 1 aromatic carbocycles. The number of hydrogen-bond acceptors (Lipinski definition) is 5. The zero-order valence-corrected chi connectivity index (χ0v) is 17.1. The van der Waals surface area contributed by atoms with Crippen LogP contribution >= 0.6 is 0 Å². The molecular weight excluding hydrogens is 378 g/mol. The molecule has 0 unspecified atom stereocenters. The summed E-state index contributed by atoms with van der Waals surface area (Å²) >= 11 is 0. The van der Waals surface area contributed by atoms with E-state index in [4.69, 9.17) is 4.74 Å². The molecule has 7 heteroatoms. The number of carbonyl (C=O) groups excluding carboxylic acids is 1. The number of amides is 1. The number of aromatic amines is 1. The van der Waals surface area contributed by atoms with Crippen LogP contribution < -0.4 is 5.32 Å². The van der Waals surface area contributed by atoms with Gasteiger partial charge in [-0.3, -0.25) is 4.98 Å². The van der Waals surface area contributed by atoms with E-state index >= 15 is 0 Å². The number of pyridine rings is 2. The minimum absolute atomic E-state index is 0.234. The minimum atomic E-state index is -0.542. The Kier molecular flexibility index (Phi) is 5.18. The molecule has 0 bridgehead atoms. The van der Waals surface area contributed by atoms with Gasteiger partial charge in [-0.2, -0.15) is 0 Å². The number of alkyl carbamates (subject to hydrolysis) is 1. The Bertz CT molecular complexity index is 1180. The summed E-state index contributed by atoms with van der Waals surface area (Å²) in [7, 11) is 0. The van der Waals surface area contributed by atoms with Gasteiger partial charge in [0.2, 0.25) is 0 Å². The summed E-state index contributed by atoms with van der Waals surface area (Å²) in [5.41, 5.74) is 4.90. The fourth-order valence-corrected chi connectivity index (χ4v) is 3.06. The Morgan fingerprint density at radius 3 is 2.53 bits per heavy atom. The average Bonchev–Trinajstić information content (AvgIpc) is 3.14. The standard InChI is InChI=1S/C23H23N5O2/c1-23(2,3)30-22(29)25-14-20-26-19-8-7-18(27-21(19)28-20)17-6-4-5-16(13-17)15-9-11-24-12-10-15/h4-13H,14H2,1-3H3,(H,25,29)(H,26,27,28). The van der Waals surface area contributed by atoms with E-state index in [0.29, 0.717) is 11.5 Å². The first kappa shape index (κ1) is 19.6. The van der Waals surface area contributed by atoms with Gasteiger partial charge in [-0.15, -0.1) is 0 Å². The summed E-state index contributed by atoms with van der Waals surface area (Å²) in [6, 6.07) is 16.1. The molecule has 0 spiro atoms. The second kappa shape index (κ2) is 7.94. The maximum Gasteiger partial charge on any atom is 0.408 e. The highest BCUT2D eigenvalue weighted by atomic mass is 16.6. The monoisotopic (exact) mass is 401 g/mol. The van der Waals surface area contributed by atoms with Gasteiger partial charge in [-0.1, -0.05) is 18.2 Å². The molecule has 2 N–H and O–H groups in total. The van der Waals surface area contributed by atoms with E-state index in [9.17, 15) is 4.79 Å². The highest BCUT2D eigenvalue weighted by molar-refractivity contribution is 5.77. The van der Waals surface area contributed by atoms with Crippen LogP contribution in [0.25, 0.3) is 33.5 Å². The zero-order valence-electron chi connectivity index (χ0n) is 17.1. The molecule has 0 saturated heterocycles. The minimum Gasteiger partial charge on any atom is -0.444 e. The summed E-state index contributed by atoms with van der Waals surface area (Å²) in [6.45, 7) is 5.70. The molecule has 0 radical (unpaired) electrons. The van der Waals surface area contributed by atoms with Crippen molar-refractivity contribution < 1.29 is 9.53 Å². The molecule has 4 rings (SSSR count). The van der Waals surface area contributed by atoms with Crippen molar-refractivity contribution in [2.75, 3.05) is 0 Å². The van der Waals surface area contributed by atoms with E-state index in [2.05, 4.69) is 37.4 Å². The summed E-state index contributed by atoms with van der Waals surface area (Å²) < 4.78 is 5.25. The molecule has 152 valence electrons. The summed E-state index contributed by atoms with van der Waals surface area (Å²) in [6.07, 6.45) is 3.08. The lowest BCUT2D eigenvalue weighted by atomic mass is 10.0. The largest absolute Gasteiger partial charge is 0.444 e. The summed E-state index contributed by atoms with van der Waals surface area (Å²) in [5.74, 6) is 0.617. The number of nitrogens with zero attached hydrogens (tertiary/aromatic N) is 3. The van der Waals surface area contributed by atoms with Crippen molar-refractivity contribution in [1.29, 1.82) is 0 Å². The SMILES string of the molecule is CC(C)(C)OC(=O)NCc1nc2nc(-c3cccc(-c4ccncc4)c3)ccc2[nH]1. The number of fused-ring (bicyclic) bond motifs is 1. The predicted octanol–water partition coefficient (Wildman–Crippen LogP) is 4.71. The molecule has 0 fully saturated rings. The van der Waals surface area contributed by atoms with Crippen LogP contribution in [-0.2, 0) is 11.3 Å². The van der Waals surface area contributed by atoms with Crippen molar-refractivity contribution in [3.8, 4) is 22.4 Å². The first-order valence-corrected chi connectivity index (χ1v) is 9.71. The third-order valence-electron chi connectivity index (χ3n) is 4.37. The molecule has 4 aromatic rings. The molecule has 3 heterocycles. The first-order chi connectivity index (χ1) is 14.4. The van der Waals surface area contributed by atoms with Gasteiger partial charge in [-0.25, -0.2) is 14.8 Å². The van der Waals surface area contributed by atoms with Crippen LogP contribution in [0.1, 0.15) is 26.6 Å². The fourth-order valence-electron chi connectivity index (χ4n) is 3.06. The van der Waals surface area contributed by atoms with Gasteiger partial charge in [0.1, 0.15) is 11.4 Å². The number of imidazole rings is 1. The van der Waals surface area contributed by atoms with Crippen molar-refractivity contribution in [2.45, 2.75) is 32.9 Å². The number of benzene rings is 1. The number of rotatable bonds is 4. The highest BCUT2D eigenvalue weighted by Crippen LogP contribution is 2.26. The Morgan fingerprint density at radius 2 is 1.77 bits per heavy atom. The molecule has 0 aliphatic rings. The number of H-pyrrole nitrogens is 1. The van der Waals surface area contributed by atoms with Crippen LogP contribution in [-0.4, -0.2) is 31.6 Å². The average molecular weight is 401 g/mol. The van der Waals surface area contributed by atoms with Gasteiger partial charge >= 0.3 is 6.09 Å². The molecule has 0 atom stereocenters. The van der Waals surface area contributed by atoms with Gasteiger partial charge in [0, 0.05) is 18.0 Å². The van der Waals surface area contributed by atoms with Crippen LogP contribution in [0.4, 0.5) is 4.79 Å². The normalized spacial score (nSPS) is 11.4. The van der Waals surface area contributed by atoms with Crippen LogP contribution in [0, 0.1) is 0 Å². The van der Waals surface area contributed by atoms with Crippen LogP contribution in [0.5, 0.6) is 0 Å². The quantitative estimate of drug-likeness (QED) is 0.516. The summed E-state index contributed by atoms with van der Waals surface area (Å²) in [4.78, 5) is 28.3. The van der Waals surface area contributed by atoms with Crippen molar-refractivity contribution in [1.82, 2.24) is 25.3 Å². The highest BCUT2D eigenvalue weighted by Gasteiger charge is 2.16. The molecule has 1 amide bonds. The summed E-state index contributed by atoms with van der Waals surface area (Å²) in [5, 5.41) is 2.70. The fraction of sp³-hybridized carbons (Fsp3) is 0.217. The first-order valence-electron chi connectivity index (χ1n) is 9.71. The lowest BCUT2D eigenvalue weighted by Gasteiger charge is -2.19. The maximum atomic E-state index is 11.8. The lowest BCUT2D eigenvalue weighted by molar-refractivity contribution is 0.0522. The van der Waals surface area contributed by atoms with E-state index in [1.165, 1.54) is 0 Å². The Labute approximate surface area is 174 Å². The molecule has 0 aliphatic heterocycles. The number of carbonyl (C=O) groups is 1. The van der Waals surface area contributed by atoms with Gasteiger partial charge in [0.05, 0.1) is 17.8 Å². The number of aromatic nitrogens is 4. The Balaban J connectivity index is 1.54. The third-order valence-corrected chi connectivity index (χ3v) is 4.37. The smallest absolute Gasteiger partial charge is 0.408 e. The van der Waals surface area contributed by atoms with E-state index < -0.39 is 11.7 Å². The van der Waals surface area contributed by atoms with E-state index in [-0.39, 0.29) is 6.54 Å². The van der Waals surface area contributed by atoms with Gasteiger partial charge in [0.25, 0.3) is 0 Å².